The summed E-state index contributed by atoms with van der Waals surface area (Å²) in [5.74, 6) is -5.96. The van der Waals surface area contributed by atoms with Crippen LogP contribution in [0, 0.1) is 29.1 Å². The summed E-state index contributed by atoms with van der Waals surface area (Å²) in [7, 11) is 0. The Bertz CT molecular complexity index is 1410. The molecule has 2 amide bonds. The van der Waals surface area contributed by atoms with Crippen molar-refractivity contribution in [3.8, 4) is 5.75 Å². The van der Waals surface area contributed by atoms with Crippen LogP contribution in [0.1, 0.15) is 61.0 Å². The van der Waals surface area contributed by atoms with Gasteiger partial charge in [0.25, 0.3) is 5.91 Å². The van der Waals surface area contributed by atoms with Crippen LogP contribution in [0.5, 0.6) is 5.75 Å². The van der Waals surface area contributed by atoms with E-state index >= 15 is 0 Å². The first-order chi connectivity index (χ1) is 19.6. The zero-order chi connectivity index (χ0) is 29.7. The number of fused-ring (bicyclic) bond motifs is 1. The minimum Gasteiger partial charge on any atom is -0.493 e. The highest BCUT2D eigenvalue weighted by molar-refractivity contribution is 8.01. The molecule has 1 N–H and O–H groups in total. The number of rotatable bonds is 11. The first-order valence-corrected chi connectivity index (χ1v) is 14.1. The average Bonchev–Trinajstić information content (AvgIpc) is 2.91. The number of carbonyl (C=O) groups is 2. The van der Waals surface area contributed by atoms with E-state index in [2.05, 4.69) is 12.2 Å². The fourth-order valence-electron chi connectivity index (χ4n) is 4.42. The van der Waals surface area contributed by atoms with Gasteiger partial charge in [0.15, 0.2) is 0 Å². The van der Waals surface area contributed by atoms with E-state index < -0.39 is 52.4 Å². The molecule has 0 radical (unpaired) electrons. The number of nitrogens with one attached hydrogen (secondary N) is 1. The molecule has 5 nitrogen and oxygen atoms in total. The van der Waals surface area contributed by atoms with Crippen LogP contribution in [0.3, 0.4) is 0 Å². The highest BCUT2D eigenvalue weighted by Crippen LogP contribution is 2.41. The number of thioether (sulfide) groups is 1. The summed E-state index contributed by atoms with van der Waals surface area (Å²) < 4.78 is 76.5. The van der Waals surface area contributed by atoms with Gasteiger partial charge in [-0.15, -0.1) is 11.8 Å². The van der Waals surface area contributed by atoms with Gasteiger partial charge < -0.3 is 15.0 Å². The number of ether oxygens (including phenoxy) is 1. The number of benzene rings is 3. The second kappa shape index (κ2) is 13.4. The SMILES string of the molecule is CCCCCCOc1cc(F)c(CN2C(=O)C(C)Sc3cc(C(=O)NCc4c(F)cc(F)cc4F)ccc32)c(F)c1. The second-order valence-electron chi connectivity index (χ2n) is 9.67. The highest BCUT2D eigenvalue weighted by Gasteiger charge is 2.32. The van der Waals surface area contributed by atoms with Crippen molar-refractivity contribution >= 4 is 29.3 Å². The normalized spacial score (nSPS) is 14.7. The summed E-state index contributed by atoms with van der Waals surface area (Å²) in [5.41, 5.74) is -0.292. The van der Waals surface area contributed by atoms with E-state index in [0.29, 0.717) is 29.3 Å². The van der Waals surface area contributed by atoms with Gasteiger partial charge in [-0.05, 0) is 31.5 Å². The Morgan fingerprint density at radius 3 is 2.24 bits per heavy atom. The standard InChI is InChI=1S/C30H29F5N2O3S/c1-3-4-5-6-9-40-20-13-25(34)22(26(35)14-20)16-37-27-8-7-18(10-28(27)41-17(2)30(37)39)29(38)36-15-21-23(32)11-19(31)12-24(21)33/h7-8,10-14,17H,3-6,9,15-16H2,1-2H3,(H,36,38). The molecule has 1 unspecified atom stereocenters. The van der Waals surface area contributed by atoms with E-state index in [-0.39, 0.29) is 29.3 Å². The molecule has 3 aromatic rings. The number of hydrogen-bond acceptors (Lipinski definition) is 4. The number of nitrogens with zero attached hydrogens (tertiary/aromatic N) is 1. The van der Waals surface area contributed by atoms with Crippen molar-refractivity contribution in [3.63, 3.8) is 0 Å². The molecule has 41 heavy (non-hydrogen) atoms. The van der Waals surface area contributed by atoms with Crippen LogP contribution in [0.4, 0.5) is 27.6 Å². The van der Waals surface area contributed by atoms with Crippen LogP contribution >= 0.6 is 11.8 Å². The van der Waals surface area contributed by atoms with E-state index in [0.717, 1.165) is 37.8 Å². The maximum absolute atomic E-state index is 15.0. The second-order valence-corrected chi connectivity index (χ2v) is 11.1. The van der Waals surface area contributed by atoms with Crippen LogP contribution < -0.4 is 15.0 Å². The fourth-order valence-corrected chi connectivity index (χ4v) is 5.52. The molecular formula is C30H29F5N2O3S. The largest absolute Gasteiger partial charge is 0.493 e. The van der Waals surface area contributed by atoms with Crippen LogP contribution in [0.15, 0.2) is 47.4 Å². The molecule has 0 spiro atoms. The summed E-state index contributed by atoms with van der Waals surface area (Å²) in [4.78, 5) is 27.5. The van der Waals surface area contributed by atoms with E-state index in [1.807, 2.05) is 0 Å². The fraction of sp³-hybridized carbons (Fsp3) is 0.333. The van der Waals surface area contributed by atoms with Crippen LogP contribution in [0.2, 0.25) is 0 Å². The van der Waals surface area contributed by atoms with E-state index in [4.69, 9.17) is 4.74 Å². The summed E-state index contributed by atoms with van der Waals surface area (Å²) in [6.07, 6.45) is 3.84. The number of halogens is 5. The number of anilines is 1. The number of hydrogen-bond donors (Lipinski definition) is 1. The number of unbranched alkanes of at least 4 members (excludes halogenated alkanes) is 3. The molecule has 11 heteroatoms. The maximum Gasteiger partial charge on any atom is 0.251 e. The van der Waals surface area contributed by atoms with Gasteiger partial charge >= 0.3 is 0 Å². The van der Waals surface area contributed by atoms with Crippen molar-refractivity contribution in [1.29, 1.82) is 0 Å². The molecule has 3 aromatic carbocycles. The summed E-state index contributed by atoms with van der Waals surface area (Å²) in [6.45, 7) is 3.17. The molecule has 218 valence electrons. The lowest BCUT2D eigenvalue weighted by Crippen LogP contribution is -2.39. The summed E-state index contributed by atoms with van der Waals surface area (Å²) in [5, 5.41) is 1.79. The zero-order valence-electron chi connectivity index (χ0n) is 22.5. The van der Waals surface area contributed by atoms with Crippen molar-refractivity contribution in [2.75, 3.05) is 11.5 Å². The Kier molecular flexibility index (Phi) is 9.90. The first-order valence-electron chi connectivity index (χ1n) is 13.2. The quantitative estimate of drug-likeness (QED) is 0.188. The van der Waals surface area contributed by atoms with Crippen molar-refractivity contribution in [2.24, 2.45) is 0 Å². The summed E-state index contributed by atoms with van der Waals surface area (Å²) >= 11 is 1.17. The first kappa shape index (κ1) is 30.4. The lowest BCUT2D eigenvalue weighted by molar-refractivity contribution is -0.118. The minimum absolute atomic E-state index is 0.0746. The number of carbonyl (C=O) groups excluding carboxylic acids is 2. The molecule has 0 saturated carbocycles. The summed E-state index contributed by atoms with van der Waals surface area (Å²) in [6, 6.07) is 7.61. The molecule has 1 atom stereocenters. The van der Waals surface area contributed by atoms with Crippen LogP contribution in [0.25, 0.3) is 0 Å². The Labute approximate surface area is 239 Å². The molecule has 1 heterocycles. The molecule has 0 saturated heterocycles. The van der Waals surface area contributed by atoms with Gasteiger partial charge in [-0.3, -0.25) is 9.59 Å². The molecule has 0 fully saturated rings. The van der Waals surface area contributed by atoms with Crippen molar-refractivity contribution in [1.82, 2.24) is 5.32 Å². The Balaban J connectivity index is 1.50. The van der Waals surface area contributed by atoms with E-state index in [1.165, 1.54) is 34.9 Å². The third kappa shape index (κ3) is 7.19. The third-order valence-electron chi connectivity index (χ3n) is 6.66. The van der Waals surface area contributed by atoms with Crippen LogP contribution in [-0.2, 0) is 17.9 Å². The van der Waals surface area contributed by atoms with Gasteiger partial charge in [0.2, 0.25) is 5.91 Å². The van der Waals surface area contributed by atoms with Crippen molar-refractivity contribution in [2.45, 2.75) is 62.8 Å². The van der Waals surface area contributed by atoms with Crippen LogP contribution in [-0.4, -0.2) is 23.7 Å². The van der Waals surface area contributed by atoms with Gasteiger partial charge in [-0.1, -0.05) is 26.2 Å². The van der Waals surface area contributed by atoms with E-state index in [1.54, 1.807) is 6.92 Å². The molecule has 1 aliphatic rings. The Morgan fingerprint density at radius 1 is 0.927 bits per heavy atom. The smallest absolute Gasteiger partial charge is 0.251 e. The lowest BCUT2D eigenvalue weighted by atomic mass is 10.1. The zero-order valence-corrected chi connectivity index (χ0v) is 23.4. The third-order valence-corrected chi connectivity index (χ3v) is 7.80. The molecular weight excluding hydrogens is 563 g/mol. The Hall–Kier alpha value is -3.60. The van der Waals surface area contributed by atoms with Gasteiger partial charge in [0.1, 0.15) is 34.8 Å². The van der Waals surface area contributed by atoms with Gasteiger partial charge in [0.05, 0.1) is 24.1 Å². The predicted octanol–water partition coefficient (Wildman–Crippen LogP) is 7.30. The molecule has 0 bridgehead atoms. The van der Waals surface area contributed by atoms with Crippen molar-refractivity contribution in [3.05, 3.63) is 88.2 Å². The van der Waals surface area contributed by atoms with Gasteiger partial charge in [-0.25, -0.2) is 22.0 Å². The Morgan fingerprint density at radius 2 is 1.59 bits per heavy atom. The number of amides is 2. The van der Waals surface area contributed by atoms with E-state index in [9.17, 15) is 31.5 Å². The van der Waals surface area contributed by atoms with Gasteiger partial charge in [0, 0.05) is 52.4 Å². The lowest BCUT2D eigenvalue weighted by Gasteiger charge is -2.33. The average molecular weight is 593 g/mol. The molecule has 1 aliphatic heterocycles. The monoisotopic (exact) mass is 592 g/mol. The van der Waals surface area contributed by atoms with Gasteiger partial charge in [-0.2, -0.15) is 0 Å². The molecule has 0 aliphatic carbocycles. The highest BCUT2D eigenvalue weighted by atomic mass is 32.2. The topological polar surface area (TPSA) is 58.6 Å². The van der Waals surface area contributed by atoms with Crippen molar-refractivity contribution < 1.29 is 36.3 Å². The minimum atomic E-state index is -1.13. The molecule has 4 rings (SSSR count). The molecule has 0 aromatic heterocycles. The predicted molar refractivity (Wildman–Crippen MR) is 146 cm³/mol. The maximum atomic E-state index is 15.0.